The average molecular weight is 868 g/mol. The van der Waals surface area contributed by atoms with E-state index in [9.17, 15) is 29.7 Å². The second-order valence-electron chi connectivity index (χ2n) is 18.7. The van der Waals surface area contributed by atoms with E-state index >= 15 is 0 Å². The Labute approximate surface area is 373 Å². The number of nitrogens with zero attached hydrogens (tertiary/aromatic N) is 3. The minimum absolute atomic E-state index is 0.00367. The molecule has 12 heteroatoms. The van der Waals surface area contributed by atoms with Gasteiger partial charge in [0.1, 0.15) is 36.1 Å². The Morgan fingerprint density at radius 1 is 0.429 bits per heavy atom. The van der Waals surface area contributed by atoms with E-state index in [-0.39, 0.29) is 56.0 Å². The van der Waals surface area contributed by atoms with E-state index in [1.54, 1.807) is 0 Å². The Hall–Kier alpha value is -4.17. The van der Waals surface area contributed by atoms with Crippen LogP contribution in [0.1, 0.15) is 111 Å². The number of esters is 3. The second-order valence-corrected chi connectivity index (χ2v) is 18.7. The van der Waals surface area contributed by atoms with E-state index in [4.69, 9.17) is 14.2 Å². The molecule has 0 amide bonds. The number of hydrogen-bond donors (Lipinski definition) is 3. The van der Waals surface area contributed by atoms with E-state index in [2.05, 4.69) is 35.8 Å². The molecule has 3 N–H and O–H groups in total. The summed E-state index contributed by atoms with van der Waals surface area (Å²) in [5.41, 5.74) is 2.46. The smallest absolute Gasteiger partial charge is 0.316 e. The fraction of sp³-hybridized carbons (Fsp3) is 0.588. The number of carbonyl (C=O) groups excluding carboxylic acids is 3. The highest BCUT2D eigenvalue weighted by Gasteiger charge is 2.43. The third-order valence-electron chi connectivity index (χ3n) is 15.0. The highest BCUT2D eigenvalue weighted by atomic mass is 16.6. The van der Waals surface area contributed by atoms with Crippen LogP contribution in [-0.4, -0.2) is 143 Å². The molecule has 6 aliphatic rings. The van der Waals surface area contributed by atoms with Gasteiger partial charge in [-0.25, -0.2) is 0 Å². The van der Waals surface area contributed by atoms with Crippen molar-refractivity contribution in [1.29, 1.82) is 0 Å². The van der Waals surface area contributed by atoms with Crippen molar-refractivity contribution >= 4 is 17.9 Å². The number of aliphatic hydroxyl groups excluding tert-OH is 3. The van der Waals surface area contributed by atoms with Gasteiger partial charge in [-0.3, -0.25) is 14.4 Å². The summed E-state index contributed by atoms with van der Waals surface area (Å²) >= 11 is 0. The van der Waals surface area contributed by atoms with Crippen LogP contribution in [0.4, 0.5) is 0 Å². The first kappa shape index (κ1) is 46.8. The lowest BCUT2D eigenvalue weighted by atomic mass is 9.98. The van der Waals surface area contributed by atoms with Gasteiger partial charge in [-0.05, 0) is 115 Å². The summed E-state index contributed by atoms with van der Waals surface area (Å²) in [6.45, 7) is -0.618. The summed E-state index contributed by atoms with van der Waals surface area (Å²) < 4.78 is 17.1. The molecule has 6 aliphatic heterocycles. The normalized spacial score (nSPS) is 30.1. The van der Waals surface area contributed by atoms with Gasteiger partial charge >= 0.3 is 17.9 Å². The molecule has 63 heavy (non-hydrogen) atoms. The highest BCUT2D eigenvalue weighted by molar-refractivity contribution is 5.79. The quantitative estimate of drug-likeness (QED) is 0.150. The molecule has 6 fully saturated rings. The minimum atomic E-state index is -0.566. The highest BCUT2D eigenvalue weighted by Crippen LogP contribution is 2.38. The third-order valence-corrected chi connectivity index (χ3v) is 15.0. The monoisotopic (exact) mass is 868 g/mol. The summed E-state index contributed by atoms with van der Waals surface area (Å²) in [5.74, 6) is -2.58. The first-order valence-corrected chi connectivity index (χ1v) is 23.3. The number of piperidine rings is 3. The van der Waals surface area contributed by atoms with Gasteiger partial charge in [0.05, 0.1) is 19.8 Å². The molecule has 0 radical (unpaired) electrons. The molecule has 3 aromatic rings. The van der Waals surface area contributed by atoms with Crippen LogP contribution < -0.4 is 0 Å². The molecule has 3 aromatic carbocycles. The molecule has 3 unspecified atom stereocenters. The van der Waals surface area contributed by atoms with E-state index in [0.717, 1.165) is 55.2 Å². The Kier molecular flexibility index (Phi) is 16.5. The maximum Gasteiger partial charge on any atom is 0.316 e. The Morgan fingerprint density at radius 3 is 0.825 bits per heavy atom. The van der Waals surface area contributed by atoms with Crippen LogP contribution in [0.2, 0.25) is 0 Å². The number of aliphatic hydroxyl groups is 3. The van der Waals surface area contributed by atoms with Crippen molar-refractivity contribution in [2.75, 3.05) is 41.0 Å². The van der Waals surface area contributed by atoms with Crippen molar-refractivity contribution < 1.29 is 43.9 Å². The summed E-state index contributed by atoms with van der Waals surface area (Å²) in [6, 6.07) is 31.4. The largest absolute Gasteiger partial charge is 0.462 e. The van der Waals surface area contributed by atoms with Gasteiger partial charge in [0.15, 0.2) is 0 Å². The topological polar surface area (TPSA) is 149 Å². The van der Waals surface area contributed by atoms with Gasteiger partial charge < -0.3 is 44.2 Å². The fourth-order valence-corrected chi connectivity index (χ4v) is 11.1. The van der Waals surface area contributed by atoms with Crippen molar-refractivity contribution in [3.8, 4) is 0 Å². The molecule has 6 bridgehead atoms. The third kappa shape index (κ3) is 11.6. The fourth-order valence-electron chi connectivity index (χ4n) is 11.1. The maximum atomic E-state index is 12.4. The van der Waals surface area contributed by atoms with Crippen molar-refractivity contribution in [2.45, 2.75) is 149 Å². The number of hydrogen-bond acceptors (Lipinski definition) is 12. The molecule has 0 saturated carbocycles. The van der Waals surface area contributed by atoms with E-state index in [0.29, 0.717) is 36.3 Å². The lowest BCUT2D eigenvalue weighted by Gasteiger charge is -2.36. The number of carbonyl (C=O) groups is 3. The van der Waals surface area contributed by atoms with Crippen LogP contribution in [0.15, 0.2) is 91.0 Å². The SMILES string of the molecule is CN1[C@@H]2CC[C@H]1CC(OC(=O)[C@H](CO)c1ccccc1)C2.CN1[C@@H]2CC[C@H]1CC(OC(=O)[C@H](CO)c1ccccc1)C2.CN1[C@@H]2CC[C@H]1CC(OC(=O)[C@H](CO)c1ccccc1)C2. The number of ether oxygens (including phenoxy) is 3. The van der Waals surface area contributed by atoms with E-state index in [1.165, 1.54) is 38.5 Å². The van der Waals surface area contributed by atoms with Crippen molar-refractivity contribution in [3.05, 3.63) is 108 Å². The predicted molar refractivity (Wildman–Crippen MR) is 240 cm³/mol. The van der Waals surface area contributed by atoms with E-state index in [1.807, 2.05) is 91.0 Å². The Balaban J connectivity index is 0.000000142. The zero-order chi connectivity index (χ0) is 44.5. The predicted octanol–water partition coefficient (Wildman–Crippen LogP) is 5.79. The van der Waals surface area contributed by atoms with Crippen LogP contribution in [0.3, 0.4) is 0 Å². The molecule has 342 valence electrons. The molecular weight excluding hydrogens is 799 g/mol. The molecule has 12 nitrogen and oxygen atoms in total. The molecule has 0 aliphatic carbocycles. The Morgan fingerprint density at radius 2 is 0.635 bits per heavy atom. The van der Waals surface area contributed by atoms with Crippen molar-refractivity contribution in [2.24, 2.45) is 0 Å². The van der Waals surface area contributed by atoms with Crippen LogP contribution in [0.5, 0.6) is 0 Å². The van der Waals surface area contributed by atoms with Gasteiger partial charge in [-0.15, -0.1) is 0 Å². The molecular formula is C51H69N3O9. The molecule has 12 atom stereocenters. The zero-order valence-electron chi connectivity index (χ0n) is 37.3. The number of fused-ring (bicyclic) bond motifs is 6. The lowest BCUT2D eigenvalue weighted by Crippen LogP contribution is -2.43. The lowest BCUT2D eigenvalue weighted by molar-refractivity contribution is -0.156. The molecule has 0 spiro atoms. The van der Waals surface area contributed by atoms with Crippen LogP contribution in [-0.2, 0) is 28.6 Å². The minimum Gasteiger partial charge on any atom is -0.462 e. The van der Waals surface area contributed by atoms with Crippen molar-refractivity contribution in [3.63, 3.8) is 0 Å². The van der Waals surface area contributed by atoms with Gasteiger partial charge in [0, 0.05) is 36.3 Å². The summed E-state index contributed by atoms with van der Waals surface area (Å²) in [5, 5.41) is 28.6. The summed E-state index contributed by atoms with van der Waals surface area (Å²) in [6.07, 6.45) is 12.8. The van der Waals surface area contributed by atoms with Crippen LogP contribution in [0.25, 0.3) is 0 Å². The van der Waals surface area contributed by atoms with Crippen LogP contribution >= 0.6 is 0 Å². The van der Waals surface area contributed by atoms with Gasteiger partial charge in [-0.1, -0.05) is 91.0 Å². The average Bonchev–Trinajstić information content (AvgIpc) is 3.69. The van der Waals surface area contributed by atoms with Gasteiger partial charge in [0.2, 0.25) is 0 Å². The first-order chi connectivity index (χ1) is 30.6. The van der Waals surface area contributed by atoms with E-state index < -0.39 is 17.8 Å². The summed E-state index contributed by atoms with van der Waals surface area (Å²) in [4.78, 5) is 44.4. The van der Waals surface area contributed by atoms with Crippen molar-refractivity contribution in [1.82, 2.24) is 14.7 Å². The molecule has 9 rings (SSSR count). The number of rotatable bonds is 12. The zero-order valence-corrected chi connectivity index (χ0v) is 37.3. The molecule has 0 aromatic heterocycles. The molecule has 6 saturated heterocycles. The van der Waals surface area contributed by atoms with Gasteiger partial charge in [-0.2, -0.15) is 0 Å². The second kappa shape index (κ2) is 22.1. The standard InChI is InChI=1S/3C17H23NO3/c3*1-18-13-7-8-14(18)10-15(9-13)21-17(20)16(11-19)12-5-3-2-4-6-12/h3*2-6,13-16,19H,7-11H2,1H3/t3*13-,14+,15?,16-/m111/s1. The van der Waals surface area contributed by atoms with Crippen LogP contribution in [0, 0.1) is 0 Å². The number of benzene rings is 3. The Bertz CT molecular complexity index is 1650. The first-order valence-electron chi connectivity index (χ1n) is 23.3. The maximum absolute atomic E-state index is 12.4. The summed E-state index contributed by atoms with van der Waals surface area (Å²) in [7, 11) is 6.50. The van der Waals surface area contributed by atoms with Gasteiger partial charge in [0.25, 0.3) is 0 Å². The molecule has 6 heterocycles.